The fourth-order valence-electron chi connectivity index (χ4n) is 2.51. The molecule has 21 heavy (non-hydrogen) atoms. The summed E-state index contributed by atoms with van der Waals surface area (Å²) < 4.78 is 0. The van der Waals surface area contributed by atoms with E-state index in [9.17, 15) is 4.79 Å². The van der Waals surface area contributed by atoms with E-state index in [1.807, 2.05) is 6.92 Å². The Morgan fingerprint density at radius 2 is 1.14 bits per heavy atom. The summed E-state index contributed by atoms with van der Waals surface area (Å²) in [5.41, 5.74) is 2.44. The molecule has 0 aliphatic rings. The van der Waals surface area contributed by atoms with Crippen LogP contribution in [0.3, 0.4) is 0 Å². The van der Waals surface area contributed by atoms with E-state index in [2.05, 4.69) is 12.4 Å². The predicted octanol–water partition coefficient (Wildman–Crippen LogP) is 5.54. The number of hydrogen-bond donors (Lipinski definition) is 1. The summed E-state index contributed by atoms with van der Waals surface area (Å²) >= 11 is 0. The zero-order valence-electron chi connectivity index (χ0n) is 14.4. The summed E-state index contributed by atoms with van der Waals surface area (Å²) in [5, 5.41) is 0. The first-order valence-electron chi connectivity index (χ1n) is 9.21. The van der Waals surface area contributed by atoms with Gasteiger partial charge in [-0.1, -0.05) is 84.0 Å². The van der Waals surface area contributed by atoms with Gasteiger partial charge in [-0.3, -0.25) is 9.63 Å². The fraction of sp³-hybridized carbons (Fsp3) is 0.944. The van der Waals surface area contributed by atoms with Crippen LogP contribution >= 0.6 is 0 Å². The molecule has 126 valence electrons. The first kappa shape index (κ1) is 20.4. The van der Waals surface area contributed by atoms with Crippen LogP contribution in [0.2, 0.25) is 0 Å². The van der Waals surface area contributed by atoms with Crippen molar-refractivity contribution in [3.8, 4) is 0 Å². The summed E-state index contributed by atoms with van der Waals surface area (Å²) in [6, 6.07) is 0. The summed E-state index contributed by atoms with van der Waals surface area (Å²) in [7, 11) is 0. The van der Waals surface area contributed by atoms with E-state index < -0.39 is 0 Å². The molecule has 0 aliphatic heterocycles. The second kappa shape index (κ2) is 17.5. The number of carbonyl (C=O) groups is 1. The lowest BCUT2D eigenvalue weighted by molar-refractivity contribution is -0.133. The summed E-state index contributed by atoms with van der Waals surface area (Å²) in [5.74, 6) is 0.0138. The number of hydrogen-bond acceptors (Lipinski definition) is 2. The Balaban J connectivity index is 3.04. The molecule has 0 aromatic carbocycles. The van der Waals surface area contributed by atoms with E-state index in [1.54, 1.807) is 0 Å². The highest BCUT2D eigenvalue weighted by molar-refractivity contribution is 5.74. The molecule has 1 amide bonds. The van der Waals surface area contributed by atoms with Crippen LogP contribution in [0.4, 0.5) is 0 Å². The number of amides is 1. The zero-order chi connectivity index (χ0) is 15.6. The normalized spacial score (nSPS) is 10.8. The second-order valence-corrected chi connectivity index (χ2v) is 5.95. The minimum absolute atomic E-state index is 0.0138. The van der Waals surface area contributed by atoms with Crippen LogP contribution in [-0.2, 0) is 9.63 Å². The second-order valence-electron chi connectivity index (χ2n) is 5.95. The van der Waals surface area contributed by atoms with Crippen LogP contribution in [0.1, 0.15) is 104 Å². The maximum absolute atomic E-state index is 11.3. The molecule has 3 nitrogen and oxygen atoms in total. The molecular weight excluding hydrogens is 262 g/mol. The van der Waals surface area contributed by atoms with Gasteiger partial charge < -0.3 is 0 Å². The van der Waals surface area contributed by atoms with E-state index in [-0.39, 0.29) is 5.91 Å². The van der Waals surface area contributed by atoms with Crippen molar-refractivity contribution in [2.75, 3.05) is 6.61 Å². The monoisotopic (exact) mass is 299 g/mol. The van der Waals surface area contributed by atoms with Gasteiger partial charge in [0.05, 0.1) is 6.61 Å². The Labute approximate surface area is 132 Å². The third-order valence-electron chi connectivity index (χ3n) is 3.84. The SMILES string of the molecule is CCCCCCCCCCCCCCCC(=O)NOCC. The molecule has 0 fully saturated rings. The highest BCUT2D eigenvalue weighted by Crippen LogP contribution is 2.12. The number of carbonyl (C=O) groups excluding carboxylic acids is 1. The van der Waals surface area contributed by atoms with Crippen molar-refractivity contribution in [2.24, 2.45) is 0 Å². The van der Waals surface area contributed by atoms with Crippen LogP contribution in [0.25, 0.3) is 0 Å². The third-order valence-corrected chi connectivity index (χ3v) is 3.84. The van der Waals surface area contributed by atoms with E-state index in [4.69, 9.17) is 4.84 Å². The lowest BCUT2D eigenvalue weighted by Gasteiger charge is -2.04. The Kier molecular flexibility index (Phi) is 17.0. The van der Waals surface area contributed by atoms with Crippen molar-refractivity contribution < 1.29 is 9.63 Å². The van der Waals surface area contributed by atoms with Crippen LogP contribution in [0.15, 0.2) is 0 Å². The van der Waals surface area contributed by atoms with Gasteiger partial charge in [-0.05, 0) is 13.3 Å². The van der Waals surface area contributed by atoms with Gasteiger partial charge >= 0.3 is 0 Å². The van der Waals surface area contributed by atoms with Gasteiger partial charge in [0.2, 0.25) is 5.91 Å². The summed E-state index contributed by atoms with van der Waals surface area (Å²) in [6.45, 7) is 4.67. The molecule has 0 rings (SSSR count). The molecule has 0 saturated carbocycles. The maximum atomic E-state index is 11.3. The van der Waals surface area contributed by atoms with Crippen LogP contribution < -0.4 is 5.48 Å². The van der Waals surface area contributed by atoms with E-state index in [1.165, 1.54) is 70.6 Å². The fourth-order valence-corrected chi connectivity index (χ4v) is 2.51. The van der Waals surface area contributed by atoms with Crippen molar-refractivity contribution in [2.45, 2.75) is 104 Å². The zero-order valence-corrected chi connectivity index (χ0v) is 14.4. The van der Waals surface area contributed by atoms with Crippen molar-refractivity contribution in [3.05, 3.63) is 0 Å². The predicted molar refractivity (Wildman–Crippen MR) is 90.1 cm³/mol. The molecule has 0 aromatic heterocycles. The molecule has 1 N–H and O–H groups in total. The molecule has 0 bridgehead atoms. The van der Waals surface area contributed by atoms with Gasteiger partial charge in [0.1, 0.15) is 0 Å². The summed E-state index contributed by atoms with van der Waals surface area (Å²) in [4.78, 5) is 16.1. The smallest absolute Gasteiger partial charge is 0.243 e. The minimum Gasteiger partial charge on any atom is -0.274 e. The average Bonchev–Trinajstić information content (AvgIpc) is 2.49. The van der Waals surface area contributed by atoms with Gasteiger partial charge in [0.25, 0.3) is 0 Å². The van der Waals surface area contributed by atoms with E-state index >= 15 is 0 Å². The average molecular weight is 299 g/mol. The van der Waals surface area contributed by atoms with Crippen molar-refractivity contribution in [1.29, 1.82) is 0 Å². The molecule has 0 spiro atoms. The topological polar surface area (TPSA) is 38.3 Å². The molecule has 0 radical (unpaired) electrons. The van der Waals surface area contributed by atoms with Gasteiger partial charge in [-0.25, -0.2) is 5.48 Å². The largest absolute Gasteiger partial charge is 0.274 e. The van der Waals surface area contributed by atoms with Crippen molar-refractivity contribution in [3.63, 3.8) is 0 Å². The minimum atomic E-state index is 0.0138. The van der Waals surface area contributed by atoms with Gasteiger partial charge in [0, 0.05) is 6.42 Å². The highest BCUT2D eigenvalue weighted by Gasteiger charge is 2.00. The number of unbranched alkanes of at least 4 members (excludes halogenated alkanes) is 12. The molecule has 0 aromatic rings. The van der Waals surface area contributed by atoms with Gasteiger partial charge in [0.15, 0.2) is 0 Å². The molecule has 0 unspecified atom stereocenters. The molecule has 0 heterocycles. The van der Waals surface area contributed by atoms with E-state index in [0.29, 0.717) is 13.0 Å². The van der Waals surface area contributed by atoms with Crippen molar-refractivity contribution >= 4 is 5.91 Å². The van der Waals surface area contributed by atoms with Crippen molar-refractivity contribution in [1.82, 2.24) is 5.48 Å². The molecule has 0 aliphatic carbocycles. The molecule has 0 atom stereocenters. The lowest BCUT2D eigenvalue weighted by Crippen LogP contribution is -2.23. The van der Waals surface area contributed by atoms with Crippen LogP contribution in [-0.4, -0.2) is 12.5 Å². The van der Waals surface area contributed by atoms with Gasteiger partial charge in [-0.15, -0.1) is 0 Å². The lowest BCUT2D eigenvalue weighted by atomic mass is 10.0. The number of nitrogens with one attached hydrogen (secondary N) is 1. The molecule has 3 heteroatoms. The Bertz CT molecular complexity index is 219. The summed E-state index contributed by atoms with van der Waals surface area (Å²) in [6.07, 6.45) is 17.9. The molecule has 0 saturated heterocycles. The highest BCUT2D eigenvalue weighted by atomic mass is 16.6. The Morgan fingerprint density at radius 1 is 0.714 bits per heavy atom. The number of hydroxylamine groups is 1. The Hall–Kier alpha value is -0.570. The van der Waals surface area contributed by atoms with Gasteiger partial charge in [-0.2, -0.15) is 0 Å². The van der Waals surface area contributed by atoms with Crippen LogP contribution in [0.5, 0.6) is 0 Å². The number of rotatable bonds is 16. The first-order chi connectivity index (χ1) is 10.3. The standard InChI is InChI=1S/C18H37NO2/c1-3-5-6-7-8-9-10-11-12-13-14-15-16-17-18(20)19-21-4-2/h3-17H2,1-2H3,(H,19,20). The van der Waals surface area contributed by atoms with Crippen LogP contribution in [0, 0.1) is 0 Å². The van der Waals surface area contributed by atoms with E-state index in [0.717, 1.165) is 12.8 Å². The Morgan fingerprint density at radius 3 is 1.57 bits per heavy atom. The quantitative estimate of drug-likeness (QED) is 0.300. The third kappa shape index (κ3) is 17.4. The maximum Gasteiger partial charge on any atom is 0.243 e. The first-order valence-corrected chi connectivity index (χ1v) is 9.21. The molecular formula is C18H37NO2.